The van der Waals surface area contributed by atoms with Crippen LogP contribution in [-0.4, -0.2) is 36.6 Å². The van der Waals surface area contributed by atoms with E-state index in [-0.39, 0.29) is 11.8 Å². The summed E-state index contributed by atoms with van der Waals surface area (Å²) in [6.45, 7) is 0.948. The topological polar surface area (TPSA) is 51.7 Å². The maximum Gasteiger partial charge on any atom is 0.229 e. The third kappa shape index (κ3) is 3.06. The first-order valence-corrected chi connectivity index (χ1v) is 8.03. The predicted octanol–water partition coefficient (Wildman–Crippen LogP) is 2.36. The summed E-state index contributed by atoms with van der Waals surface area (Å²) >= 11 is 1.54. The molecule has 0 spiro atoms. The summed E-state index contributed by atoms with van der Waals surface area (Å²) in [6, 6.07) is 5.71. The van der Waals surface area contributed by atoms with Crippen molar-refractivity contribution in [2.45, 2.75) is 13.0 Å². The van der Waals surface area contributed by atoms with Crippen molar-refractivity contribution in [1.82, 2.24) is 9.88 Å². The highest BCUT2D eigenvalue weighted by atomic mass is 32.1. The largest absolute Gasteiger partial charge is 0.497 e. The van der Waals surface area contributed by atoms with Crippen LogP contribution in [0.15, 0.2) is 29.1 Å². The van der Waals surface area contributed by atoms with E-state index >= 15 is 0 Å². The molecule has 1 aliphatic rings. The van der Waals surface area contributed by atoms with Crippen molar-refractivity contribution in [3.05, 3.63) is 40.3 Å². The molecule has 0 saturated heterocycles. The maximum atomic E-state index is 12.6. The lowest BCUT2D eigenvalue weighted by molar-refractivity contribution is -0.136. The second-order valence-corrected chi connectivity index (χ2v) is 6.08. The zero-order valence-corrected chi connectivity index (χ0v) is 13.4. The lowest BCUT2D eigenvalue weighted by atomic mass is 9.95. The van der Waals surface area contributed by atoms with Gasteiger partial charge in [-0.3, -0.25) is 4.79 Å². The molecule has 1 aliphatic heterocycles. The van der Waals surface area contributed by atoms with Crippen LogP contribution in [0.25, 0.3) is 0 Å². The Morgan fingerprint density at radius 3 is 3.14 bits per heavy atom. The van der Waals surface area contributed by atoms with E-state index < -0.39 is 0 Å². The van der Waals surface area contributed by atoms with Gasteiger partial charge in [-0.1, -0.05) is 0 Å². The van der Waals surface area contributed by atoms with Gasteiger partial charge < -0.3 is 14.4 Å². The quantitative estimate of drug-likeness (QED) is 0.868. The number of carbonyl (C=O) groups excluding carboxylic acids is 1. The number of carbonyl (C=O) groups is 1. The number of thiazole rings is 1. The van der Waals surface area contributed by atoms with E-state index in [2.05, 4.69) is 4.98 Å². The molecule has 22 heavy (non-hydrogen) atoms. The molecule has 1 atom stereocenters. The fourth-order valence-electron chi connectivity index (χ4n) is 2.60. The second kappa shape index (κ2) is 6.36. The number of fused-ring (bicyclic) bond motifs is 1. The van der Waals surface area contributed by atoms with Crippen molar-refractivity contribution in [1.29, 1.82) is 0 Å². The summed E-state index contributed by atoms with van der Waals surface area (Å²) in [5, 5.41) is 1.96. The van der Waals surface area contributed by atoms with Crippen LogP contribution in [0.5, 0.6) is 11.5 Å². The monoisotopic (exact) mass is 318 g/mol. The molecule has 6 heteroatoms. The second-order valence-electron chi connectivity index (χ2n) is 5.36. The van der Waals surface area contributed by atoms with Crippen LogP contribution in [0.2, 0.25) is 0 Å². The van der Waals surface area contributed by atoms with Gasteiger partial charge in [0.1, 0.15) is 18.1 Å². The van der Waals surface area contributed by atoms with Crippen molar-refractivity contribution in [3.63, 3.8) is 0 Å². The maximum absolute atomic E-state index is 12.6. The summed E-state index contributed by atoms with van der Waals surface area (Å²) in [7, 11) is 3.44. The smallest absolute Gasteiger partial charge is 0.229 e. The van der Waals surface area contributed by atoms with E-state index in [1.807, 2.05) is 30.6 Å². The molecule has 116 valence electrons. The molecule has 0 N–H and O–H groups in total. The Bertz CT molecular complexity index is 657. The molecule has 3 rings (SSSR count). The van der Waals surface area contributed by atoms with Crippen LogP contribution in [0.3, 0.4) is 0 Å². The number of rotatable bonds is 4. The number of amides is 1. The summed E-state index contributed by atoms with van der Waals surface area (Å²) in [5.74, 6) is 1.54. The van der Waals surface area contributed by atoms with Gasteiger partial charge in [0, 0.05) is 12.4 Å². The average Bonchev–Trinajstić information content (AvgIpc) is 3.05. The van der Waals surface area contributed by atoms with Crippen LogP contribution < -0.4 is 9.47 Å². The summed E-state index contributed by atoms with van der Waals surface area (Å²) in [6.07, 6.45) is 0.673. The molecular weight excluding hydrogens is 300 g/mol. The van der Waals surface area contributed by atoms with Crippen LogP contribution >= 0.6 is 11.3 Å². The Kier molecular flexibility index (Phi) is 4.29. The number of aromatic nitrogens is 1. The van der Waals surface area contributed by atoms with Crippen LogP contribution in [0, 0.1) is 5.92 Å². The fourth-order valence-corrected chi connectivity index (χ4v) is 3.15. The first-order valence-electron chi connectivity index (χ1n) is 7.09. The Morgan fingerprint density at radius 2 is 2.41 bits per heavy atom. The molecule has 0 saturated carbocycles. The first kappa shape index (κ1) is 14.8. The minimum Gasteiger partial charge on any atom is -0.497 e. The minimum absolute atomic E-state index is 0.0847. The van der Waals surface area contributed by atoms with Gasteiger partial charge in [-0.05, 0) is 30.2 Å². The van der Waals surface area contributed by atoms with E-state index in [1.54, 1.807) is 17.5 Å². The first-order chi connectivity index (χ1) is 10.7. The van der Waals surface area contributed by atoms with Crippen molar-refractivity contribution in [3.8, 4) is 11.5 Å². The van der Waals surface area contributed by atoms with E-state index in [9.17, 15) is 4.79 Å². The molecular formula is C16H18N2O3S. The van der Waals surface area contributed by atoms with Crippen molar-refractivity contribution < 1.29 is 14.3 Å². The van der Waals surface area contributed by atoms with Crippen LogP contribution in [-0.2, 0) is 17.8 Å². The molecule has 5 nitrogen and oxygen atoms in total. The van der Waals surface area contributed by atoms with E-state index in [0.717, 1.165) is 22.8 Å². The molecule has 0 aliphatic carbocycles. The third-order valence-corrected chi connectivity index (χ3v) is 4.42. The van der Waals surface area contributed by atoms with Gasteiger partial charge in [0.2, 0.25) is 5.91 Å². The van der Waals surface area contributed by atoms with Gasteiger partial charge in [-0.15, -0.1) is 11.3 Å². The van der Waals surface area contributed by atoms with Gasteiger partial charge in [-0.25, -0.2) is 4.98 Å². The Labute approximate surface area is 133 Å². The van der Waals surface area contributed by atoms with Gasteiger partial charge in [-0.2, -0.15) is 0 Å². The highest BCUT2D eigenvalue weighted by Gasteiger charge is 2.28. The number of ether oxygens (including phenoxy) is 2. The van der Waals surface area contributed by atoms with Crippen LogP contribution in [0.1, 0.15) is 11.3 Å². The molecule has 0 radical (unpaired) electrons. The average molecular weight is 318 g/mol. The van der Waals surface area contributed by atoms with E-state index in [4.69, 9.17) is 9.47 Å². The molecule has 1 amide bonds. The lowest BCUT2D eigenvalue weighted by Crippen LogP contribution is -2.38. The van der Waals surface area contributed by atoms with Crippen molar-refractivity contribution >= 4 is 17.2 Å². The van der Waals surface area contributed by atoms with Crippen molar-refractivity contribution in [2.75, 3.05) is 20.8 Å². The molecule has 0 fully saturated rings. The summed E-state index contributed by atoms with van der Waals surface area (Å²) < 4.78 is 11.0. The molecule has 2 aromatic rings. The summed E-state index contributed by atoms with van der Waals surface area (Å²) in [4.78, 5) is 18.5. The van der Waals surface area contributed by atoms with E-state index in [0.29, 0.717) is 19.6 Å². The van der Waals surface area contributed by atoms with Gasteiger partial charge >= 0.3 is 0 Å². The van der Waals surface area contributed by atoms with Crippen molar-refractivity contribution in [2.24, 2.45) is 5.92 Å². The van der Waals surface area contributed by atoms with Gasteiger partial charge in [0.05, 0.1) is 30.8 Å². The number of hydrogen-bond acceptors (Lipinski definition) is 5. The van der Waals surface area contributed by atoms with E-state index in [1.165, 1.54) is 11.3 Å². The Morgan fingerprint density at radius 1 is 1.55 bits per heavy atom. The molecule has 2 heterocycles. The number of hydrogen-bond donors (Lipinski definition) is 0. The molecule has 1 aromatic carbocycles. The number of nitrogens with zero attached hydrogens (tertiary/aromatic N) is 2. The minimum atomic E-state index is -0.164. The van der Waals surface area contributed by atoms with Gasteiger partial charge in [0.25, 0.3) is 0 Å². The zero-order chi connectivity index (χ0) is 15.5. The third-order valence-electron chi connectivity index (χ3n) is 3.78. The standard InChI is InChI=1S/C16H18N2O3S/c1-18(7-13-9-22-10-17-13)16(19)12-5-11-6-14(20-2)3-4-15(11)21-8-12/h3-4,6,9-10,12H,5,7-8H2,1-2H3. The predicted molar refractivity (Wildman–Crippen MR) is 84.3 cm³/mol. The Balaban J connectivity index is 1.69. The number of methoxy groups -OCH3 is 1. The number of benzene rings is 1. The van der Waals surface area contributed by atoms with Gasteiger partial charge in [0.15, 0.2) is 0 Å². The fraction of sp³-hybridized carbons (Fsp3) is 0.375. The molecule has 0 bridgehead atoms. The normalized spacial score (nSPS) is 16.5. The van der Waals surface area contributed by atoms with Crippen LogP contribution in [0.4, 0.5) is 0 Å². The Hall–Kier alpha value is -2.08. The highest BCUT2D eigenvalue weighted by molar-refractivity contribution is 7.07. The zero-order valence-electron chi connectivity index (χ0n) is 12.6. The SMILES string of the molecule is COc1ccc2c(c1)CC(C(=O)N(C)Cc1cscn1)CO2. The highest BCUT2D eigenvalue weighted by Crippen LogP contribution is 2.31. The molecule has 1 aromatic heterocycles. The summed E-state index contributed by atoms with van der Waals surface area (Å²) in [5.41, 5.74) is 3.71. The molecule has 1 unspecified atom stereocenters. The lowest BCUT2D eigenvalue weighted by Gasteiger charge is -2.28.